The second kappa shape index (κ2) is 6.88. The highest BCUT2D eigenvalue weighted by Crippen LogP contribution is 2.24. The SMILES string of the molecule is CCOC(=O)C1CN(c2ccc3c(C(=O)NC)n[nH]c3c2)CCO1. The second-order valence-corrected chi connectivity index (χ2v) is 5.44. The molecule has 0 saturated carbocycles. The maximum atomic E-state index is 11.9. The van der Waals surface area contributed by atoms with E-state index in [0.717, 1.165) is 16.6 Å². The van der Waals surface area contributed by atoms with Gasteiger partial charge >= 0.3 is 5.97 Å². The maximum Gasteiger partial charge on any atom is 0.337 e. The number of aromatic nitrogens is 2. The van der Waals surface area contributed by atoms with Crippen LogP contribution in [0, 0.1) is 0 Å². The third kappa shape index (κ3) is 3.05. The van der Waals surface area contributed by atoms with Crippen molar-refractivity contribution in [2.75, 3.05) is 38.3 Å². The van der Waals surface area contributed by atoms with Crippen molar-refractivity contribution in [1.29, 1.82) is 0 Å². The lowest BCUT2D eigenvalue weighted by molar-refractivity contribution is -0.157. The molecule has 0 aliphatic carbocycles. The quantitative estimate of drug-likeness (QED) is 0.800. The first-order valence-corrected chi connectivity index (χ1v) is 7.87. The molecule has 3 rings (SSSR count). The molecule has 1 fully saturated rings. The fraction of sp³-hybridized carbons (Fsp3) is 0.438. The molecule has 1 atom stereocenters. The van der Waals surface area contributed by atoms with Crippen molar-refractivity contribution in [2.24, 2.45) is 0 Å². The van der Waals surface area contributed by atoms with Crippen molar-refractivity contribution in [3.05, 3.63) is 23.9 Å². The highest BCUT2D eigenvalue weighted by molar-refractivity contribution is 6.05. The molecule has 1 aromatic heterocycles. The number of aromatic amines is 1. The van der Waals surface area contributed by atoms with Gasteiger partial charge in [-0.3, -0.25) is 9.89 Å². The maximum absolute atomic E-state index is 11.9. The molecule has 24 heavy (non-hydrogen) atoms. The predicted molar refractivity (Wildman–Crippen MR) is 88.1 cm³/mol. The number of anilines is 1. The van der Waals surface area contributed by atoms with E-state index < -0.39 is 6.10 Å². The van der Waals surface area contributed by atoms with Gasteiger partial charge in [-0.05, 0) is 25.1 Å². The summed E-state index contributed by atoms with van der Waals surface area (Å²) in [6.45, 7) is 3.67. The lowest BCUT2D eigenvalue weighted by Gasteiger charge is -2.33. The highest BCUT2D eigenvalue weighted by Gasteiger charge is 2.28. The third-order valence-electron chi connectivity index (χ3n) is 3.97. The average Bonchev–Trinajstić information content (AvgIpc) is 3.04. The van der Waals surface area contributed by atoms with Gasteiger partial charge in [0.25, 0.3) is 5.91 Å². The summed E-state index contributed by atoms with van der Waals surface area (Å²) in [6.07, 6.45) is -0.586. The van der Waals surface area contributed by atoms with Crippen LogP contribution in [0.4, 0.5) is 5.69 Å². The van der Waals surface area contributed by atoms with Crippen LogP contribution in [0.1, 0.15) is 17.4 Å². The molecule has 0 bridgehead atoms. The Hall–Kier alpha value is -2.61. The van der Waals surface area contributed by atoms with Gasteiger partial charge in [-0.15, -0.1) is 0 Å². The van der Waals surface area contributed by atoms with Gasteiger partial charge in [0.1, 0.15) is 0 Å². The van der Waals surface area contributed by atoms with E-state index in [4.69, 9.17) is 9.47 Å². The fourth-order valence-electron chi connectivity index (χ4n) is 2.76. The number of ether oxygens (including phenoxy) is 2. The number of amides is 1. The molecule has 1 saturated heterocycles. The van der Waals surface area contributed by atoms with Gasteiger partial charge in [0.15, 0.2) is 11.8 Å². The Morgan fingerprint density at radius 3 is 3.08 bits per heavy atom. The monoisotopic (exact) mass is 332 g/mol. The van der Waals surface area contributed by atoms with Gasteiger partial charge < -0.3 is 19.7 Å². The zero-order valence-corrected chi connectivity index (χ0v) is 13.7. The van der Waals surface area contributed by atoms with Crippen LogP contribution in [0.15, 0.2) is 18.2 Å². The number of rotatable bonds is 4. The molecule has 8 nitrogen and oxygen atoms in total. The fourth-order valence-corrected chi connectivity index (χ4v) is 2.76. The van der Waals surface area contributed by atoms with Crippen molar-refractivity contribution < 1.29 is 19.1 Å². The Morgan fingerprint density at radius 2 is 2.33 bits per heavy atom. The van der Waals surface area contributed by atoms with Crippen LogP contribution < -0.4 is 10.2 Å². The largest absolute Gasteiger partial charge is 0.464 e. The smallest absolute Gasteiger partial charge is 0.337 e. The average molecular weight is 332 g/mol. The molecular formula is C16H20N4O4. The van der Waals surface area contributed by atoms with E-state index in [1.165, 1.54) is 0 Å². The first-order valence-electron chi connectivity index (χ1n) is 7.87. The number of hydrogen-bond donors (Lipinski definition) is 2. The van der Waals surface area contributed by atoms with Crippen LogP contribution in [-0.4, -0.2) is 61.5 Å². The van der Waals surface area contributed by atoms with Crippen molar-refractivity contribution in [1.82, 2.24) is 15.5 Å². The molecule has 8 heteroatoms. The Bertz CT molecular complexity index is 758. The van der Waals surface area contributed by atoms with Gasteiger partial charge in [0.05, 0.1) is 25.3 Å². The lowest BCUT2D eigenvalue weighted by Crippen LogP contribution is -2.46. The normalized spacial score (nSPS) is 17.8. The molecule has 2 N–H and O–H groups in total. The lowest BCUT2D eigenvalue weighted by atomic mass is 10.1. The Morgan fingerprint density at radius 1 is 1.50 bits per heavy atom. The van der Waals surface area contributed by atoms with E-state index in [0.29, 0.717) is 32.0 Å². The number of H-pyrrole nitrogens is 1. The van der Waals surface area contributed by atoms with Crippen LogP contribution in [0.2, 0.25) is 0 Å². The first kappa shape index (κ1) is 16.3. The van der Waals surface area contributed by atoms with Crippen LogP contribution in [0.3, 0.4) is 0 Å². The summed E-state index contributed by atoms with van der Waals surface area (Å²) in [5.41, 5.74) is 2.07. The van der Waals surface area contributed by atoms with E-state index in [9.17, 15) is 9.59 Å². The van der Waals surface area contributed by atoms with E-state index in [-0.39, 0.29) is 11.9 Å². The van der Waals surface area contributed by atoms with Crippen molar-refractivity contribution in [2.45, 2.75) is 13.0 Å². The minimum Gasteiger partial charge on any atom is -0.464 e. The Balaban J connectivity index is 1.81. The summed E-state index contributed by atoms with van der Waals surface area (Å²) < 4.78 is 10.5. The molecule has 1 aromatic carbocycles. The van der Waals surface area contributed by atoms with Gasteiger partial charge in [0.2, 0.25) is 0 Å². The van der Waals surface area contributed by atoms with E-state index in [1.54, 1.807) is 14.0 Å². The minimum atomic E-state index is -0.586. The minimum absolute atomic E-state index is 0.234. The van der Waals surface area contributed by atoms with Gasteiger partial charge in [-0.2, -0.15) is 5.10 Å². The number of hydrogen-bond acceptors (Lipinski definition) is 6. The van der Waals surface area contributed by atoms with Crippen molar-refractivity contribution >= 4 is 28.5 Å². The summed E-state index contributed by atoms with van der Waals surface area (Å²) in [4.78, 5) is 25.7. The molecule has 2 aromatic rings. The van der Waals surface area contributed by atoms with Crippen LogP contribution in [-0.2, 0) is 14.3 Å². The predicted octanol–water partition coefficient (Wildman–Crippen LogP) is 0.691. The first-order chi connectivity index (χ1) is 11.6. The number of nitrogens with zero attached hydrogens (tertiary/aromatic N) is 2. The van der Waals surface area contributed by atoms with Crippen LogP contribution in [0.25, 0.3) is 10.9 Å². The summed E-state index contributed by atoms with van der Waals surface area (Å²) in [5, 5.41) is 10.3. The Kier molecular flexibility index (Phi) is 4.66. The molecule has 1 amide bonds. The number of nitrogens with one attached hydrogen (secondary N) is 2. The molecule has 128 valence electrons. The van der Waals surface area contributed by atoms with Crippen molar-refractivity contribution in [3.63, 3.8) is 0 Å². The molecule has 0 spiro atoms. The zero-order chi connectivity index (χ0) is 17.1. The second-order valence-electron chi connectivity index (χ2n) is 5.44. The summed E-state index contributed by atoms with van der Waals surface area (Å²) in [7, 11) is 1.57. The molecule has 1 aliphatic rings. The topological polar surface area (TPSA) is 96.5 Å². The molecular weight excluding hydrogens is 312 g/mol. The van der Waals surface area contributed by atoms with Crippen LogP contribution >= 0.6 is 0 Å². The number of carbonyl (C=O) groups excluding carboxylic acids is 2. The molecule has 2 heterocycles. The Labute approximate surface area is 139 Å². The number of carbonyl (C=O) groups is 2. The zero-order valence-electron chi connectivity index (χ0n) is 13.7. The number of morpholine rings is 1. The number of esters is 1. The van der Waals surface area contributed by atoms with E-state index in [1.807, 2.05) is 18.2 Å². The number of benzene rings is 1. The van der Waals surface area contributed by atoms with E-state index >= 15 is 0 Å². The standard InChI is InChI=1S/C16H20N4O4/c1-3-23-16(22)13-9-20(6-7-24-13)10-4-5-11-12(8-10)18-19-14(11)15(21)17-2/h4-5,8,13H,3,6-7,9H2,1-2H3,(H,17,21)(H,18,19). The third-order valence-corrected chi connectivity index (χ3v) is 3.97. The van der Waals surface area contributed by atoms with Crippen molar-refractivity contribution in [3.8, 4) is 0 Å². The summed E-state index contributed by atoms with van der Waals surface area (Å²) in [6, 6.07) is 5.69. The van der Waals surface area contributed by atoms with Gasteiger partial charge in [0, 0.05) is 24.7 Å². The van der Waals surface area contributed by atoms with Crippen LogP contribution in [0.5, 0.6) is 0 Å². The molecule has 0 radical (unpaired) electrons. The number of fused-ring (bicyclic) bond motifs is 1. The van der Waals surface area contributed by atoms with Gasteiger partial charge in [-0.25, -0.2) is 4.79 Å². The summed E-state index contributed by atoms with van der Waals surface area (Å²) >= 11 is 0. The van der Waals surface area contributed by atoms with Gasteiger partial charge in [-0.1, -0.05) is 0 Å². The van der Waals surface area contributed by atoms with E-state index in [2.05, 4.69) is 20.4 Å². The summed E-state index contributed by atoms with van der Waals surface area (Å²) in [5.74, 6) is -0.575. The molecule has 1 aliphatic heterocycles. The highest BCUT2D eigenvalue weighted by atomic mass is 16.6. The molecule has 1 unspecified atom stereocenters.